The topological polar surface area (TPSA) is 50.1 Å². The average molecular weight is 341 g/mol. The van der Waals surface area contributed by atoms with E-state index in [0.717, 1.165) is 6.07 Å². The second-order valence-electron chi connectivity index (χ2n) is 4.57. The molecule has 0 radical (unpaired) electrons. The van der Waals surface area contributed by atoms with Crippen LogP contribution in [0.5, 0.6) is 0 Å². The van der Waals surface area contributed by atoms with Crippen LogP contribution in [0, 0.1) is 28.8 Å². The van der Waals surface area contributed by atoms with Gasteiger partial charge >= 0.3 is 17.8 Å². The van der Waals surface area contributed by atoms with Crippen molar-refractivity contribution >= 4 is 5.97 Å². The van der Waals surface area contributed by atoms with Crippen LogP contribution in [0.15, 0.2) is 0 Å². The number of nitrogens with zero attached hydrogens (tertiary/aromatic N) is 1. The summed E-state index contributed by atoms with van der Waals surface area (Å²) in [6.07, 6.45) is 0. The van der Waals surface area contributed by atoms with Crippen LogP contribution in [0.25, 0.3) is 0 Å². The third-order valence-corrected chi connectivity index (χ3v) is 3.32. The summed E-state index contributed by atoms with van der Waals surface area (Å²) < 4.78 is 98.7. The monoisotopic (exact) mass is 341 g/mol. The first-order valence-corrected chi connectivity index (χ1v) is 6.07. The molecule has 1 atom stereocenters. The fourth-order valence-electron chi connectivity index (χ4n) is 2.23. The van der Waals surface area contributed by atoms with E-state index >= 15 is 0 Å². The number of esters is 1. The Bertz CT molecular complexity index is 739. The number of nitriles is 1. The standard InChI is InChI=1S/C13H6F7NO2/c1-2-23-11(22)4(3-21)5-8(14)6-7(10(16)9(5)15)13(19,20)12(6,17)18/h4H,2H2,1H3. The van der Waals surface area contributed by atoms with Crippen LogP contribution in [0.4, 0.5) is 30.7 Å². The molecule has 0 saturated heterocycles. The van der Waals surface area contributed by atoms with Crippen molar-refractivity contribution in [3.8, 4) is 6.07 Å². The van der Waals surface area contributed by atoms with Gasteiger partial charge < -0.3 is 4.74 Å². The number of carbonyl (C=O) groups excluding carboxylic acids is 1. The zero-order valence-electron chi connectivity index (χ0n) is 11.2. The third kappa shape index (κ3) is 1.99. The van der Waals surface area contributed by atoms with Gasteiger partial charge in [0.1, 0.15) is 5.82 Å². The molecule has 0 amide bonds. The van der Waals surface area contributed by atoms with Crippen LogP contribution in [-0.2, 0) is 21.4 Å². The Kier molecular flexibility index (Phi) is 3.79. The smallest absolute Gasteiger partial charge is 0.343 e. The SMILES string of the molecule is CCOC(=O)C(C#N)c1c(F)c(F)c2c(c1F)C(F)(F)C2(F)F. The molecule has 0 bridgehead atoms. The highest BCUT2D eigenvalue weighted by Gasteiger charge is 2.73. The van der Waals surface area contributed by atoms with Crippen LogP contribution in [-0.4, -0.2) is 12.6 Å². The van der Waals surface area contributed by atoms with Gasteiger partial charge in [-0.15, -0.1) is 0 Å². The lowest BCUT2D eigenvalue weighted by atomic mass is 9.76. The molecule has 1 aromatic carbocycles. The number of alkyl halides is 4. The highest BCUT2D eigenvalue weighted by molar-refractivity contribution is 5.82. The van der Waals surface area contributed by atoms with E-state index in [0.29, 0.717) is 0 Å². The normalized spacial score (nSPS) is 18.4. The average Bonchev–Trinajstić information content (AvgIpc) is 2.46. The predicted molar refractivity (Wildman–Crippen MR) is 59.1 cm³/mol. The fourth-order valence-corrected chi connectivity index (χ4v) is 2.23. The Labute approximate surface area is 124 Å². The van der Waals surface area contributed by atoms with E-state index in [4.69, 9.17) is 5.26 Å². The highest BCUT2D eigenvalue weighted by Crippen LogP contribution is 2.63. The molecule has 0 aliphatic heterocycles. The van der Waals surface area contributed by atoms with E-state index in [1.165, 1.54) is 6.92 Å². The Morgan fingerprint density at radius 1 is 1.09 bits per heavy atom. The van der Waals surface area contributed by atoms with Gasteiger partial charge in [-0.1, -0.05) is 0 Å². The number of rotatable bonds is 3. The first-order chi connectivity index (χ1) is 10.5. The molecule has 10 heteroatoms. The molecule has 0 N–H and O–H groups in total. The molecule has 1 aliphatic carbocycles. The molecule has 1 aromatic rings. The number of ether oxygens (including phenoxy) is 1. The van der Waals surface area contributed by atoms with Crippen LogP contribution in [0.3, 0.4) is 0 Å². The number of benzene rings is 1. The fraction of sp³-hybridized carbons (Fsp3) is 0.385. The maximum Gasteiger partial charge on any atom is 0.343 e. The first-order valence-electron chi connectivity index (χ1n) is 6.07. The Morgan fingerprint density at radius 2 is 1.57 bits per heavy atom. The van der Waals surface area contributed by atoms with Crippen molar-refractivity contribution in [2.24, 2.45) is 0 Å². The van der Waals surface area contributed by atoms with Crippen LogP contribution < -0.4 is 0 Å². The van der Waals surface area contributed by atoms with Crippen LogP contribution in [0.2, 0.25) is 0 Å². The second kappa shape index (κ2) is 5.11. The summed E-state index contributed by atoms with van der Waals surface area (Å²) in [7, 11) is 0. The highest BCUT2D eigenvalue weighted by atomic mass is 19.3. The Morgan fingerprint density at radius 3 is 2.00 bits per heavy atom. The van der Waals surface area contributed by atoms with E-state index in [1.807, 2.05) is 0 Å². The van der Waals surface area contributed by atoms with Crippen molar-refractivity contribution in [3.63, 3.8) is 0 Å². The minimum atomic E-state index is -5.10. The van der Waals surface area contributed by atoms with Gasteiger partial charge in [-0.25, -0.2) is 13.2 Å². The minimum absolute atomic E-state index is 0.318. The van der Waals surface area contributed by atoms with E-state index in [2.05, 4.69) is 4.74 Å². The first kappa shape index (κ1) is 17.1. The van der Waals surface area contributed by atoms with Crippen LogP contribution >= 0.6 is 0 Å². The maximum atomic E-state index is 14.1. The summed E-state index contributed by atoms with van der Waals surface area (Å²) in [5.74, 6) is -21.1. The molecule has 0 heterocycles. The Balaban J connectivity index is 2.75. The molecule has 124 valence electrons. The number of carbonyl (C=O) groups is 1. The van der Waals surface area contributed by atoms with Crippen molar-refractivity contribution in [2.45, 2.75) is 24.7 Å². The number of hydrogen-bond acceptors (Lipinski definition) is 3. The molecule has 1 aliphatic rings. The lowest BCUT2D eigenvalue weighted by molar-refractivity contribution is -0.258. The third-order valence-electron chi connectivity index (χ3n) is 3.32. The largest absolute Gasteiger partial charge is 0.465 e. The zero-order valence-corrected chi connectivity index (χ0v) is 11.2. The molecule has 3 nitrogen and oxygen atoms in total. The molecule has 0 spiro atoms. The zero-order chi connectivity index (χ0) is 17.7. The molecule has 2 rings (SSSR count). The number of hydrogen-bond donors (Lipinski definition) is 0. The summed E-state index contributed by atoms with van der Waals surface area (Å²) in [5, 5.41) is 8.79. The van der Waals surface area contributed by atoms with Crippen LogP contribution in [0.1, 0.15) is 29.5 Å². The number of halogens is 7. The summed E-state index contributed by atoms with van der Waals surface area (Å²) >= 11 is 0. The summed E-state index contributed by atoms with van der Waals surface area (Å²) in [6.45, 7) is 0.966. The van der Waals surface area contributed by atoms with Gasteiger partial charge in [0.15, 0.2) is 17.6 Å². The van der Waals surface area contributed by atoms with Gasteiger partial charge in [-0.05, 0) is 6.92 Å². The van der Waals surface area contributed by atoms with E-state index in [1.54, 1.807) is 0 Å². The molecular formula is C13H6F7NO2. The van der Waals surface area contributed by atoms with E-state index < -0.39 is 57.9 Å². The molecular weight excluding hydrogens is 335 g/mol. The summed E-state index contributed by atoms with van der Waals surface area (Å²) in [6, 6.07) is 1.08. The van der Waals surface area contributed by atoms with E-state index in [-0.39, 0.29) is 6.61 Å². The maximum absolute atomic E-state index is 14.1. The lowest BCUT2D eigenvalue weighted by Crippen LogP contribution is -2.49. The quantitative estimate of drug-likeness (QED) is 0.481. The van der Waals surface area contributed by atoms with Crippen molar-refractivity contribution < 1.29 is 40.3 Å². The minimum Gasteiger partial charge on any atom is -0.465 e. The molecule has 0 saturated carbocycles. The van der Waals surface area contributed by atoms with Crippen molar-refractivity contribution in [2.75, 3.05) is 6.61 Å². The molecule has 1 unspecified atom stereocenters. The van der Waals surface area contributed by atoms with Gasteiger partial charge in [0.05, 0.1) is 29.4 Å². The number of fused-ring (bicyclic) bond motifs is 1. The second-order valence-corrected chi connectivity index (χ2v) is 4.57. The van der Waals surface area contributed by atoms with E-state index in [9.17, 15) is 35.5 Å². The van der Waals surface area contributed by atoms with Gasteiger partial charge in [-0.2, -0.15) is 22.8 Å². The van der Waals surface area contributed by atoms with Crippen molar-refractivity contribution in [1.29, 1.82) is 5.26 Å². The summed E-state index contributed by atoms with van der Waals surface area (Å²) in [4.78, 5) is 11.5. The van der Waals surface area contributed by atoms with Gasteiger partial charge in [-0.3, -0.25) is 4.79 Å². The predicted octanol–water partition coefficient (Wildman–Crippen LogP) is 3.47. The molecule has 0 fully saturated rings. The van der Waals surface area contributed by atoms with Gasteiger partial charge in [0.25, 0.3) is 0 Å². The Hall–Kier alpha value is -2.31. The van der Waals surface area contributed by atoms with Crippen molar-refractivity contribution in [1.82, 2.24) is 0 Å². The molecule has 0 aromatic heterocycles. The molecule has 23 heavy (non-hydrogen) atoms. The van der Waals surface area contributed by atoms with Crippen molar-refractivity contribution in [3.05, 3.63) is 34.1 Å². The van der Waals surface area contributed by atoms with Gasteiger partial charge in [0.2, 0.25) is 0 Å². The summed E-state index contributed by atoms with van der Waals surface area (Å²) in [5.41, 5.74) is -5.87. The van der Waals surface area contributed by atoms with Gasteiger partial charge in [0, 0.05) is 0 Å². The lowest BCUT2D eigenvalue weighted by Gasteiger charge is -2.39.